The summed E-state index contributed by atoms with van der Waals surface area (Å²) >= 11 is 4.83. The van der Waals surface area contributed by atoms with E-state index >= 15 is 0 Å². The molecule has 2 rings (SSSR count). The lowest BCUT2D eigenvalue weighted by atomic mass is 10.1. The third kappa shape index (κ3) is 3.88. The van der Waals surface area contributed by atoms with Gasteiger partial charge in [-0.1, -0.05) is 46.3 Å². The molecular formula is C14H15BrN2OS. The number of carbonyl (C=O) groups is 1. The van der Waals surface area contributed by atoms with E-state index in [0.717, 1.165) is 17.4 Å². The molecular weight excluding hydrogens is 324 g/mol. The molecule has 19 heavy (non-hydrogen) atoms. The summed E-state index contributed by atoms with van der Waals surface area (Å²) in [6.45, 7) is 1.85. The molecule has 1 N–H and O–H groups in total. The Morgan fingerprint density at radius 2 is 2.16 bits per heavy atom. The molecule has 0 aliphatic carbocycles. The zero-order chi connectivity index (χ0) is 13.7. The molecule has 1 aromatic heterocycles. The summed E-state index contributed by atoms with van der Waals surface area (Å²) < 4.78 is 0. The molecule has 0 aliphatic rings. The van der Waals surface area contributed by atoms with Gasteiger partial charge < -0.3 is 5.32 Å². The molecule has 1 heterocycles. The molecule has 0 saturated carbocycles. The Labute approximate surface area is 125 Å². The van der Waals surface area contributed by atoms with E-state index < -0.39 is 0 Å². The predicted molar refractivity (Wildman–Crippen MR) is 82.0 cm³/mol. The molecule has 0 saturated heterocycles. The lowest BCUT2D eigenvalue weighted by molar-refractivity contribution is 0.0944. The van der Waals surface area contributed by atoms with Crippen molar-refractivity contribution in [1.29, 1.82) is 0 Å². The van der Waals surface area contributed by atoms with Gasteiger partial charge in [-0.05, 0) is 18.9 Å². The number of amides is 1. The van der Waals surface area contributed by atoms with Gasteiger partial charge in [-0.25, -0.2) is 4.98 Å². The highest BCUT2D eigenvalue weighted by Gasteiger charge is 2.16. The summed E-state index contributed by atoms with van der Waals surface area (Å²) in [7, 11) is 0. The zero-order valence-corrected chi connectivity index (χ0v) is 13.0. The maximum absolute atomic E-state index is 12.1. The van der Waals surface area contributed by atoms with E-state index in [9.17, 15) is 4.79 Å². The van der Waals surface area contributed by atoms with Crippen LogP contribution in [0, 0.1) is 6.92 Å². The average Bonchev–Trinajstić information content (AvgIpc) is 2.85. The summed E-state index contributed by atoms with van der Waals surface area (Å²) in [6.07, 6.45) is 0.815. The second-order valence-electron chi connectivity index (χ2n) is 4.28. The minimum Gasteiger partial charge on any atom is -0.347 e. The van der Waals surface area contributed by atoms with Crippen molar-refractivity contribution < 1.29 is 4.79 Å². The molecule has 2 aromatic rings. The van der Waals surface area contributed by atoms with E-state index in [4.69, 9.17) is 0 Å². The zero-order valence-electron chi connectivity index (χ0n) is 10.6. The maximum atomic E-state index is 12.1. The monoisotopic (exact) mass is 338 g/mol. The SMILES string of the molecule is Cc1ncsc1C(=O)NC(CBr)Cc1ccccc1. The van der Waals surface area contributed by atoms with Crippen molar-refractivity contribution in [3.05, 3.63) is 52.0 Å². The van der Waals surface area contributed by atoms with Crippen molar-refractivity contribution >= 4 is 33.2 Å². The van der Waals surface area contributed by atoms with E-state index in [1.807, 2.05) is 25.1 Å². The number of thiazole rings is 1. The van der Waals surface area contributed by atoms with E-state index in [-0.39, 0.29) is 11.9 Å². The van der Waals surface area contributed by atoms with E-state index in [1.54, 1.807) is 5.51 Å². The standard InChI is InChI=1S/C14H15BrN2OS/c1-10-13(19-9-16-10)14(18)17-12(8-15)7-11-5-3-2-4-6-11/h2-6,9,12H,7-8H2,1H3,(H,17,18). The van der Waals surface area contributed by atoms with Gasteiger partial charge in [0.1, 0.15) is 4.88 Å². The highest BCUT2D eigenvalue weighted by Crippen LogP contribution is 2.13. The van der Waals surface area contributed by atoms with E-state index in [2.05, 4.69) is 38.4 Å². The third-order valence-corrected chi connectivity index (χ3v) is 4.51. The molecule has 0 fully saturated rings. The molecule has 1 atom stereocenters. The number of halogens is 1. The topological polar surface area (TPSA) is 42.0 Å². The number of aryl methyl sites for hydroxylation is 1. The second kappa shape index (κ2) is 6.82. The minimum atomic E-state index is -0.0413. The van der Waals surface area contributed by atoms with Gasteiger partial charge in [0.2, 0.25) is 0 Å². The number of aromatic nitrogens is 1. The first-order valence-corrected chi connectivity index (χ1v) is 8.01. The van der Waals surface area contributed by atoms with Gasteiger partial charge in [0.05, 0.1) is 11.2 Å². The molecule has 1 unspecified atom stereocenters. The predicted octanol–water partition coefficient (Wildman–Crippen LogP) is 3.19. The molecule has 100 valence electrons. The second-order valence-corrected chi connectivity index (χ2v) is 5.78. The van der Waals surface area contributed by atoms with Crippen LogP contribution in [0.15, 0.2) is 35.8 Å². The van der Waals surface area contributed by atoms with Gasteiger partial charge in [-0.3, -0.25) is 4.79 Å². The minimum absolute atomic E-state index is 0.0413. The van der Waals surface area contributed by atoms with Crippen LogP contribution in [0.1, 0.15) is 20.9 Å². The van der Waals surface area contributed by atoms with Crippen molar-refractivity contribution in [2.24, 2.45) is 0 Å². The van der Waals surface area contributed by atoms with Crippen LogP contribution >= 0.6 is 27.3 Å². The summed E-state index contributed by atoms with van der Waals surface area (Å²) in [5, 5.41) is 3.77. The maximum Gasteiger partial charge on any atom is 0.263 e. The number of nitrogens with one attached hydrogen (secondary N) is 1. The van der Waals surface area contributed by atoms with Gasteiger partial charge in [-0.2, -0.15) is 0 Å². The first-order valence-electron chi connectivity index (χ1n) is 6.01. The number of nitrogens with zero attached hydrogens (tertiary/aromatic N) is 1. The van der Waals surface area contributed by atoms with E-state index in [0.29, 0.717) is 4.88 Å². The Bertz CT molecular complexity index is 541. The molecule has 5 heteroatoms. The van der Waals surface area contributed by atoms with Crippen molar-refractivity contribution in [3.8, 4) is 0 Å². The number of rotatable bonds is 5. The Kier molecular flexibility index (Phi) is 5.10. The Hall–Kier alpha value is -1.20. The summed E-state index contributed by atoms with van der Waals surface area (Å²) in [5.41, 5.74) is 3.70. The molecule has 0 spiro atoms. The lowest BCUT2D eigenvalue weighted by Crippen LogP contribution is -2.37. The van der Waals surface area contributed by atoms with Crippen molar-refractivity contribution in [1.82, 2.24) is 10.3 Å². The third-order valence-electron chi connectivity index (χ3n) is 2.80. The van der Waals surface area contributed by atoms with Gasteiger partial charge in [0.25, 0.3) is 5.91 Å². The smallest absolute Gasteiger partial charge is 0.263 e. The first-order chi connectivity index (χ1) is 9.20. The van der Waals surface area contributed by atoms with Crippen LogP contribution in [0.3, 0.4) is 0 Å². The van der Waals surface area contributed by atoms with Crippen LogP contribution < -0.4 is 5.32 Å². The van der Waals surface area contributed by atoms with Gasteiger partial charge in [0, 0.05) is 11.4 Å². The molecule has 1 amide bonds. The largest absolute Gasteiger partial charge is 0.347 e. The Morgan fingerprint density at radius 1 is 1.42 bits per heavy atom. The van der Waals surface area contributed by atoms with Gasteiger partial charge in [-0.15, -0.1) is 11.3 Å². The molecule has 0 radical (unpaired) electrons. The van der Waals surface area contributed by atoms with Crippen LogP contribution in [0.25, 0.3) is 0 Å². The first kappa shape index (κ1) is 14.2. The van der Waals surface area contributed by atoms with Gasteiger partial charge >= 0.3 is 0 Å². The van der Waals surface area contributed by atoms with Crippen LogP contribution in [-0.2, 0) is 6.42 Å². The summed E-state index contributed by atoms with van der Waals surface area (Å²) in [4.78, 5) is 16.9. The van der Waals surface area contributed by atoms with Crippen LogP contribution in [0.4, 0.5) is 0 Å². The number of carbonyl (C=O) groups excluding carboxylic acids is 1. The number of hydrogen-bond acceptors (Lipinski definition) is 3. The van der Waals surface area contributed by atoms with Crippen LogP contribution in [0.2, 0.25) is 0 Å². The lowest BCUT2D eigenvalue weighted by Gasteiger charge is -2.16. The fourth-order valence-electron chi connectivity index (χ4n) is 1.81. The Morgan fingerprint density at radius 3 is 2.74 bits per heavy atom. The normalized spacial score (nSPS) is 12.1. The highest BCUT2D eigenvalue weighted by atomic mass is 79.9. The molecule has 0 aliphatic heterocycles. The molecule has 0 bridgehead atoms. The number of hydrogen-bond donors (Lipinski definition) is 1. The summed E-state index contributed by atoms with van der Waals surface area (Å²) in [5.74, 6) is -0.0413. The van der Waals surface area contributed by atoms with E-state index in [1.165, 1.54) is 16.9 Å². The summed E-state index contributed by atoms with van der Waals surface area (Å²) in [6, 6.07) is 10.2. The number of alkyl halides is 1. The van der Waals surface area contributed by atoms with Crippen molar-refractivity contribution in [2.75, 3.05) is 5.33 Å². The molecule has 3 nitrogen and oxygen atoms in total. The van der Waals surface area contributed by atoms with Crippen molar-refractivity contribution in [3.63, 3.8) is 0 Å². The van der Waals surface area contributed by atoms with Crippen LogP contribution in [0.5, 0.6) is 0 Å². The van der Waals surface area contributed by atoms with Crippen molar-refractivity contribution in [2.45, 2.75) is 19.4 Å². The fraction of sp³-hybridized carbons (Fsp3) is 0.286. The fourth-order valence-corrected chi connectivity index (χ4v) is 2.91. The molecule has 1 aromatic carbocycles. The quantitative estimate of drug-likeness (QED) is 0.850. The van der Waals surface area contributed by atoms with Crippen LogP contribution in [-0.4, -0.2) is 22.3 Å². The van der Waals surface area contributed by atoms with Gasteiger partial charge in [0.15, 0.2) is 0 Å². The Balaban J connectivity index is 2.00. The number of benzene rings is 1. The highest BCUT2D eigenvalue weighted by molar-refractivity contribution is 9.09. The average molecular weight is 339 g/mol.